The summed E-state index contributed by atoms with van der Waals surface area (Å²) in [6.45, 7) is 3.52. The number of rotatable bonds is 1. The number of anilines is 1. The highest BCUT2D eigenvalue weighted by atomic mass is 35.5. The second kappa shape index (κ2) is 3.75. The fourth-order valence-corrected chi connectivity index (χ4v) is 2.21. The molecule has 0 unspecified atom stereocenters. The third-order valence-corrected chi connectivity index (χ3v) is 3.39. The molecular formula is C12H14ClNO2. The molecule has 1 aromatic rings. The van der Waals surface area contributed by atoms with Crippen LogP contribution in [0.5, 0.6) is 0 Å². The Morgan fingerprint density at radius 3 is 2.75 bits per heavy atom. The molecule has 16 heavy (non-hydrogen) atoms. The lowest BCUT2D eigenvalue weighted by Crippen LogP contribution is -2.40. The number of hydrogen-bond acceptors (Lipinski definition) is 2. The number of benzene rings is 1. The molecule has 1 amide bonds. The quantitative estimate of drug-likeness (QED) is 0.816. The van der Waals surface area contributed by atoms with Gasteiger partial charge in [-0.15, -0.1) is 0 Å². The van der Waals surface area contributed by atoms with Crippen LogP contribution in [0, 0.1) is 0 Å². The highest BCUT2D eigenvalue weighted by Gasteiger charge is 2.45. The van der Waals surface area contributed by atoms with Gasteiger partial charge in [-0.05, 0) is 32.0 Å². The summed E-state index contributed by atoms with van der Waals surface area (Å²) >= 11 is 5.89. The number of carbonyl (C=O) groups excluding carboxylic acids is 1. The minimum atomic E-state index is -0.973. The lowest BCUT2D eigenvalue weighted by Gasteiger charge is -2.28. The number of carbonyl (C=O) groups is 1. The molecule has 0 radical (unpaired) electrons. The Hall–Kier alpha value is -1.06. The van der Waals surface area contributed by atoms with E-state index in [1.807, 2.05) is 13.0 Å². The van der Waals surface area contributed by atoms with Crippen LogP contribution in [0.15, 0.2) is 24.3 Å². The van der Waals surface area contributed by atoms with Gasteiger partial charge in [-0.2, -0.15) is 0 Å². The van der Waals surface area contributed by atoms with Crippen molar-refractivity contribution in [2.24, 2.45) is 0 Å². The monoisotopic (exact) mass is 239 g/mol. The Bertz CT molecular complexity index is 431. The first-order valence-corrected chi connectivity index (χ1v) is 5.59. The molecule has 0 aliphatic carbocycles. The van der Waals surface area contributed by atoms with Gasteiger partial charge in [-0.3, -0.25) is 4.79 Å². The van der Waals surface area contributed by atoms with Crippen molar-refractivity contribution >= 4 is 23.2 Å². The SMILES string of the molecule is C[C@@H]1N(c2cccc(Cl)c2)C(=O)C[C@]1(C)O. The molecule has 1 aliphatic rings. The Morgan fingerprint density at radius 1 is 1.56 bits per heavy atom. The number of nitrogens with zero attached hydrogens (tertiary/aromatic N) is 1. The van der Waals surface area contributed by atoms with Gasteiger partial charge in [0.15, 0.2) is 0 Å². The van der Waals surface area contributed by atoms with Gasteiger partial charge in [0.1, 0.15) is 0 Å². The molecule has 86 valence electrons. The van der Waals surface area contributed by atoms with Crippen LogP contribution >= 0.6 is 11.6 Å². The number of halogens is 1. The van der Waals surface area contributed by atoms with E-state index in [1.165, 1.54) is 0 Å². The summed E-state index contributed by atoms with van der Waals surface area (Å²) in [7, 11) is 0. The van der Waals surface area contributed by atoms with Crippen LogP contribution in [-0.2, 0) is 4.79 Å². The minimum Gasteiger partial charge on any atom is -0.387 e. The predicted octanol–water partition coefficient (Wildman–Crippen LogP) is 2.22. The normalized spacial score (nSPS) is 29.9. The summed E-state index contributed by atoms with van der Waals surface area (Å²) in [5, 5.41) is 10.6. The maximum absolute atomic E-state index is 11.8. The first-order chi connectivity index (χ1) is 7.42. The van der Waals surface area contributed by atoms with Crippen molar-refractivity contribution < 1.29 is 9.90 Å². The fraction of sp³-hybridized carbons (Fsp3) is 0.417. The summed E-state index contributed by atoms with van der Waals surface area (Å²) in [6.07, 6.45) is 0.153. The van der Waals surface area contributed by atoms with Crippen molar-refractivity contribution in [3.05, 3.63) is 29.3 Å². The van der Waals surface area contributed by atoms with Crippen molar-refractivity contribution in [3.63, 3.8) is 0 Å². The molecule has 1 N–H and O–H groups in total. The minimum absolute atomic E-state index is 0.0697. The van der Waals surface area contributed by atoms with E-state index in [1.54, 1.807) is 30.0 Å². The van der Waals surface area contributed by atoms with Crippen molar-refractivity contribution in [1.29, 1.82) is 0 Å². The molecule has 1 heterocycles. The second-order valence-electron chi connectivity index (χ2n) is 4.45. The lowest BCUT2D eigenvalue weighted by atomic mass is 9.99. The van der Waals surface area contributed by atoms with Crippen LogP contribution in [0.2, 0.25) is 5.02 Å². The van der Waals surface area contributed by atoms with Crippen LogP contribution < -0.4 is 4.90 Å². The van der Waals surface area contributed by atoms with E-state index in [0.29, 0.717) is 5.02 Å². The molecule has 1 fully saturated rings. The maximum Gasteiger partial charge on any atom is 0.230 e. The zero-order valence-electron chi connectivity index (χ0n) is 9.27. The Morgan fingerprint density at radius 2 is 2.25 bits per heavy atom. The summed E-state index contributed by atoms with van der Waals surface area (Å²) in [6, 6.07) is 6.87. The van der Waals surface area contributed by atoms with Crippen LogP contribution in [0.4, 0.5) is 5.69 Å². The van der Waals surface area contributed by atoms with Crippen molar-refractivity contribution in [2.75, 3.05) is 4.90 Å². The molecule has 1 saturated heterocycles. The first kappa shape index (κ1) is 11.4. The van der Waals surface area contributed by atoms with Gasteiger partial charge in [0, 0.05) is 10.7 Å². The van der Waals surface area contributed by atoms with E-state index >= 15 is 0 Å². The average Bonchev–Trinajstić information content (AvgIpc) is 2.36. The molecule has 2 atom stereocenters. The van der Waals surface area contributed by atoms with Crippen LogP contribution in [0.3, 0.4) is 0 Å². The largest absolute Gasteiger partial charge is 0.387 e. The molecule has 0 saturated carbocycles. The van der Waals surface area contributed by atoms with Gasteiger partial charge in [-0.25, -0.2) is 0 Å². The summed E-state index contributed by atoms with van der Waals surface area (Å²) in [5.41, 5.74) is -0.234. The van der Waals surface area contributed by atoms with Crippen LogP contribution in [0.1, 0.15) is 20.3 Å². The molecule has 1 aromatic carbocycles. The van der Waals surface area contributed by atoms with Gasteiger partial charge in [-0.1, -0.05) is 17.7 Å². The van der Waals surface area contributed by atoms with E-state index in [2.05, 4.69) is 0 Å². The summed E-state index contributed by atoms with van der Waals surface area (Å²) in [5.74, 6) is -0.0697. The highest BCUT2D eigenvalue weighted by molar-refractivity contribution is 6.30. The van der Waals surface area contributed by atoms with Gasteiger partial charge < -0.3 is 10.0 Å². The predicted molar refractivity (Wildman–Crippen MR) is 63.6 cm³/mol. The molecule has 2 rings (SSSR count). The standard InChI is InChI=1S/C12H14ClNO2/c1-8-12(2,16)7-11(15)14(8)10-5-3-4-9(13)6-10/h3-6,8,16H,7H2,1-2H3/t8-,12-/m0/s1. The smallest absolute Gasteiger partial charge is 0.230 e. The molecule has 0 spiro atoms. The summed E-state index contributed by atoms with van der Waals surface area (Å²) < 4.78 is 0. The zero-order chi connectivity index (χ0) is 11.9. The molecule has 4 heteroatoms. The molecule has 3 nitrogen and oxygen atoms in total. The first-order valence-electron chi connectivity index (χ1n) is 5.22. The van der Waals surface area contributed by atoms with Gasteiger partial charge >= 0.3 is 0 Å². The van der Waals surface area contributed by atoms with Crippen LogP contribution in [0.25, 0.3) is 0 Å². The van der Waals surface area contributed by atoms with E-state index < -0.39 is 5.60 Å². The third-order valence-electron chi connectivity index (χ3n) is 3.15. The summed E-state index contributed by atoms with van der Waals surface area (Å²) in [4.78, 5) is 13.4. The highest BCUT2D eigenvalue weighted by Crippen LogP contribution is 2.34. The maximum atomic E-state index is 11.8. The second-order valence-corrected chi connectivity index (χ2v) is 4.89. The van der Waals surface area contributed by atoms with Gasteiger partial charge in [0.2, 0.25) is 5.91 Å². The lowest BCUT2D eigenvalue weighted by molar-refractivity contribution is -0.118. The van der Waals surface area contributed by atoms with Gasteiger partial charge in [0.05, 0.1) is 18.1 Å². The van der Waals surface area contributed by atoms with E-state index in [0.717, 1.165) is 5.69 Å². The number of aliphatic hydroxyl groups is 1. The topological polar surface area (TPSA) is 40.5 Å². The van der Waals surface area contributed by atoms with Crippen molar-refractivity contribution in [1.82, 2.24) is 0 Å². The Kier molecular flexibility index (Phi) is 2.68. The van der Waals surface area contributed by atoms with E-state index in [-0.39, 0.29) is 18.4 Å². The van der Waals surface area contributed by atoms with Crippen molar-refractivity contribution in [3.8, 4) is 0 Å². The average molecular weight is 240 g/mol. The number of hydrogen-bond donors (Lipinski definition) is 1. The van der Waals surface area contributed by atoms with Gasteiger partial charge in [0.25, 0.3) is 0 Å². The van der Waals surface area contributed by atoms with E-state index in [9.17, 15) is 9.90 Å². The fourth-order valence-electron chi connectivity index (χ4n) is 2.03. The number of amides is 1. The Labute approximate surface area is 99.6 Å². The van der Waals surface area contributed by atoms with E-state index in [4.69, 9.17) is 11.6 Å². The third kappa shape index (κ3) is 1.81. The molecule has 0 aromatic heterocycles. The Balaban J connectivity index is 2.38. The molecule has 1 aliphatic heterocycles. The molecular weight excluding hydrogens is 226 g/mol. The van der Waals surface area contributed by atoms with Crippen molar-refractivity contribution in [2.45, 2.75) is 31.9 Å². The zero-order valence-corrected chi connectivity index (χ0v) is 10.0. The van der Waals surface area contributed by atoms with Crippen LogP contribution in [-0.4, -0.2) is 22.7 Å². The molecule has 0 bridgehead atoms.